The molecule has 1 aliphatic heterocycles. The van der Waals surface area contributed by atoms with Crippen molar-refractivity contribution in [2.75, 3.05) is 18.6 Å². The van der Waals surface area contributed by atoms with E-state index >= 15 is 0 Å². The predicted octanol–water partition coefficient (Wildman–Crippen LogP) is 2.86. The number of thioether (sulfide) groups is 2. The van der Waals surface area contributed by atoms with Crippen LogP contribution in [0, 0.1) is 0 Å². The van der Waals surface area contributed by atoms with Crippen LogP contribution in [-0.4, -0.2) is 29.5 Å². The molecule has 1 N–H and O–H groups in total. The highest BCUT2D eigenvalue weighted by Crippen LogP contribution is 2.36. The quantitative estimate of drug-likeness (QED) is 0.628. The van der Waals surface area contributed by atoms with E-state index in [0.717, 1.165) is 21.2 Å². The van der Waals surface area contributed by atoms with Gasteiger partial charge in [0.2, 0.25) is 5.91 Å². The Hall–Kier alpha value is -0.940. The number of aliphatic imine (C=N–C) groups is 1. The van der Waals surface area contributed by atoms with Gasteiger partial charge in [0.25, 0.3) is 0 Å². The van der Waals surface area contributed by atoms with Crippen molar-refractivity contribution in [1.82, 2.24) is 0 Å². The van der Waals surface area contributed by atoms with Gasteiger partial charge in [0.15, 0.2) is 0 Å². The third kappa shape index (κ3) is 2.50. The number of amides is 1. The number of nitrogens with zero attached hydrogens (tertiary/aromatic N) is 1. The molecule has 2 rings (SSSR count). The zero-order valence-electron chi connectivity index (χ0n) is 9.98. The summed E-state index contributed by atoms with van der Waals surface area (Å²) in [5, 5.41) is 3.89. The van der Waals surface area contributed by atoms with Gasteiger partial charge in [-0.3, -0.25) is 9.79 Å². The first-order chi connectivity index (χ1) is 8.15. The van der Waals surface area contributed by atoms with Crippen molar-refractivity contribution in [3.8, 4) is 0 Å². The average molecular weight is 266 g/mol. The highest BCUT2D eigenvalue weighted by molar-refractivity contribution is 8.13. The minimum atomic E-state index is -0.0202. The summed E-state index contributed by atoms with van der Waals surface area (Å²) in [6.45, 7) is 1.91. The van der Waals surface area contributed by atoms with E-state index in [1.807, 2.05) is 25.3 Å². The van der Waals surface area contributed by atoms with E-state index in [4.69, 9.17) is 0 Å². The zero-order chi connectivity index (χ0) is 12.4. The fourth-order valence-electron chi connectivity index (χ4n) is 1.68. The van der Waals surface area contributed by atoms with Crippen molar-refractivity contribution in [2.45, 2.75) is 17.1 Å². The smallest absolute Gasteiger partial charge is 0.237 e. The molecule has 1 aromatic rings. The number of nitrogens with one attached hydrogen (secondary N) is 1. The van der Waals surface area contributed by atoms with Crippen LogP contribution >= 0.6 is 23.5 Å². The SMILES string of the molecule is CN=C(SC)c1ccc2c(c1)NC(=O)C(C)S2. The largest absolute Gasteiger partial charge is 0.324 e. The minimum Gasteiger partial charge on any atom is -0.324 e. The van der Waals surface area contributed by atoms with Crippen LogP contribution in [0.3, 0.4) is 0 Å². The van der Waals surface area contributed by atoms with E-state index in [2.05, 4.69) is 16.4 Å². The van der Waals surface area contributed by atoms with Gasteiger partial charge >= 0.3 is 0 Å². The molecule has 0 saturated carbocycles. The van der Waals surface area contributed by atoms with Crippen LogP contribution in [0.2, 0.25) is 0 Å². The number of hydrogen-bond donors (Lipinski definition) is 1. The highest BCUT2D eigenvalue weighted by Gasteiger charge is 2.23. The molecule has 0 spiro atoms. The summed E-state index contributed by atoms with van der Waals surface area (Å²) in [5.41, 5.74) is 1.94. The molecular formula is C12H14N2OS2. The number of carbonyl (C=O) groups excluding carboxylic acids is 1. The van der Waals surface area contributed by atoms with E-state index in [9.17, 15) is 4.79 Å². The summed E-state index contributed by atoms with van der Waals surface area (Å²) < 4.78 is 0. The molecule has 0 radical (unpaired) electrons. The summed E-state index contributed by atoms with van der Waals surface area (Å²) in [6, 6.07) is 6.09. The van der Waals surface area contributed by atoms with Gasteiger partial charge < -0.3 is 5.32 Å². The molecule has 0 aromatic heterocycles. The zero-order valence-corrected chi connectivity index (χ0v) is 11.6. The lowest BCUT2D eigenvalue weighted by Gasteiger charge is -2.21. The topological polar surface area (TPSA) is 41.5 Å². The first-order valence-corrected chi connectivity index (χ1v) is 7.39. The molecular weight excluding hydrogens is 252 g/mol. The lowest BCUT2D eigenvalue weighted by molar-refractivity contribution is -0.115. The van der Waals surface area contributed by atoms with Gasteiger partial charge in [-0.05, 0) is 25.3 Å². The molecule has 17 heavy (non-hydrogen) atoms. The number of anilines is 1. The first-order valence-electron chi connectivity index (χ1n) is 5.28. The van der Waals surface area contributed by atoms with E-state index in [1.165, 1.54) is 0 Å². The molecule has 1 heterocycles. The normalized spacial score (nSPS) is 19.8. The third-order valence-electron chi connectivity index (χ3n) is 2.55. The maximum absolute atomic E-state index is 11.6. The number of benzene rings is 1. The molecule has 5 heteroatoms. The Kier molecular flexibility index (Phi) is 3.79. The molecule has 1 atom stereocenters. The van der Waals surface area contributed by atoms with Gasteiger partial charge in [-0.15, -0.1) is 23.5 Å². The maximum atomic E-state index is 11.6. The molecule has 0 fully saturated rings. The van der Waals surface area contributed by atoms with Crippen molar-refractivity contribution in [1.29, 1.82) is 0 Å². The Labute approximate surface area is 109 Å². The van der Waals surface area contributed by atoms with Crippen LogP contribution in [-0.2, 0) is 4.79 Å². The summed E-state index contributed by atoms with van der Waals surface area (Å²) >= 11 is 3.20. The van der Waals surface area contributed by atoms with Gasteiger partial charge in [0, 0.05) is 17.5 Å². The van der Waals surface area contributed by atoms with Gasteiger partial charge in [-0.2, -0.15) is 0 Å². The summed E-state index contributed by atoms with van der Waals surface area (Å²) in [4.78, 5) is 17.0. The lowest BCUT2D eigenvalue weighted by Crippen LogP contribution is -2.26. The van der Waals surface area contributed by atoms with Crippen molar-refractivity contribution in [2.24, 2.45) is 4.99 Å². The Morgan fingerprint density at radius 3 is 2.94 bits per heavy atom. The summed E-state index contributed by atoms with van der Waals surface area (Å²) in [6.07, 6.45) is 2.00. The number of fused-ring (bicyclic) bond motifs is 1. The Morgan fingerprint density at radius 1 is 1.53 bits per heavy atom. The molecule has 0 aliphatic carbocycles. The Bertz CT molecular complexity index is 485. The third-order valence-corrected chi connectivity index (χ3v) is 4.54. The molecule has 1 unspecified atom stereocenters. The lowest BCUT2D eigenvalue weighted by atomic mass is 10.2. The van der Waals surface area contributed by atoms with Gasteiger partial charge in [-0.1, -0.05) is 6.07 Å². The highest BCUT2D eigenvalue weighted by atomic mass is 32.2. The van der Waals surface area contributed by atoms with Crippen LogP contribution < -0.4 is 5.32 Å². The molecule has 3 nitrogen and oxygen atoms in total. The molecule has 90 valence electrons. The molecule has 1 amide bonds. The molecule has 0 saturated heterocycles. The fraction of sp³-hybridized carbons (Fsp3) is 0.333. The van der Waals surface area contributed by atoms with E-state index < -0.39 is 0 Å². The monoisotopic (exact) mass is 266 g/mol. The molecule has 1 aromatic carbocycles. The van der Waals surface area contributed by atoms with Crippen LogP contribution in [0.25, 0.3) is 0 Å². The maximum Gasteiger partial charge on any atom is 0.237 e. The van der Waals surface area contributed by atoms with Crippen LogP contribution in [0.4, 0.5) is 5.69 Å². The summed E-state index contributed by atoms with van der Waals surface area (Å²) in [5.74, 6) is 0.0683. The van der Waals surface area contributed by atoms with Crippen LogP contribution in [0.15, 0.2) is 28.1 Å². The van der Waals surface area contributed by atoms with E-state index in [1.54, 1.807) is 30.6 Å². The standard InChI is InChI=1S/C12H14N2OS2/c1-7-11(15)14-9-6-8(12(13-2)16-3)4-5-10(9)17-7/h4-7H,1-3H3,(H,14,15). The van der Waals surface area contributed by atoms with E-state index in [0.29, 0.717) is 0 Å². The first kappa shape index (κ1) is 12.5. The van der Waals surface area contributed by atoms with Crippen LogP contribution in [0.1, 0.15) is 12.5 Å². The second-order valence-electron chi connectivity index (χ2n) is 3.69. The minimum absolute atomic E-state index is 0.0202. The Morgan fingerprint density at radius 2 is 2.29 bits per heavy atom. The van der Waals surface area contributed by atoms with Crippen molar-refractivity contribution < 1.29 is 4.79 Å². The van der Waals surface area contributed by atoms with Crippen LogP contribution in [0.5, 0.6) is 0 Å². The number of rotatable bonds is 1. The number of hydrogen-bond acceptors (Lipinski definition) is 4. The second-order valence-corrected chi connectivity index (χ2v) is 5.87. The van der Waals surface area contributed by atoms with Gasteiger partial charge in [-0.25, -0.2) is 0 Å². The number of carbonyl (C=O) groups is 1. The second kappa shape index (κ2) is 5.14. The summed E-state index contributed by atoms with van der Waals surface area (Å²) in [7, 11) is 1.78. The van der Waals surface area contributed by atoms with Gasteiger partial charge in [0.05, 0.1) is 16.0 Å². The average Bonchev–Trinajstić information content (AvgIpc) is 2.32. The van der Waals surface area contributed by atoms with E-state index in [-0.39, 0.29) is 11.2 Å². The van der Waals surface area contributed by atoms with Gasteiger partial charge in [0.1, 0.15) is 0 Å². The van der Waals surface area contributed by atoms with Crippen molar-refractivity contribution in [3.63, 3.8) is 0 Å². The Balaban J connectivity index is 2.38. The molecule has 1 aliphatic rings. The van der Waals surface area contributed by atoms with Crippen molar-refractivity contribution >= 4 is 40.2 Å². The molecule has 0 bridgehead atoms. The van der Waals surface area contributed by atoms with Crippen molar-refractivity contribution in [3.05, 3.63) is 23.8 Å². The predicted molar refractivity (Wildman–Crippen MR) is 76.4 cm³/mol. The fourth-order valence-corrected chi connectivity index (χ4v) is 3.16.